The minimum atomic E-state index is -3.94. The molecule has 0 aliphatic rings. The Bertz CT molecular complexity index is 1650. The number of allylic oxidation sites excluding steroid dienone is 1. The van der Waals surface area contributed by atoms with Crippen LogP contribution in [-0.2, 0) is 27.5 Å². The minimum Gasteiger partial charge on any atom is -0.497 e. The number of aliphatic hydroxyl groups excluding tert-OH is 1. The van der Waals surface area contributed by atoms with E-state index < -0.39 is 29.7 Å². The third kappa shape index (κ3) is 9.99. The van der Waals surface area contributed by atoms with E-state index >= 15 is 0 Å². The van der Waals surface area contributed by atoms with Gasteiger partial charge < -0.3 is 19.0 Å². The van der Waals surface area contributed by atoms with Crippen LogP contribution in [0.25, 0.3) is 0 Å². The van der Waals surface area contributed by atoms with E-state index in [-0.39, 0.29) is 30.5 Å². The first kappa shape index (κ1) is 40.0. The van der Waals surface area contributed by atoms with Crippen molar-refractivity contribution < 1.29 is 27.4 Å². The van der Waals surface area contributed by atoms with Crippen LogP contribution >= 0.6 is 0 Å². The lowest BCUT2D eigenvalue weighted by Gasteiger charge is -2.43. The number of aliphatic hydroxyl groups is 1. The zero-order valence-electron chi connectivity index (χ0n) is 31.0. The van der Waals surface area contributed by atoms with Crippen molar-refractivity contribution in [2.45, 2.75) is 76.4 Å². The van der Waals surface area contributed by atoms with Crippen molar-refractivity contribution in [1.82, 2.24) is 4.31 Å². The van der Waals surface area contributed by atoms with Crippen LogP contribution in [0.2, 0.25) is 5.04 Å². The zero-order chi connectivity index (χ0) is 37.1. The third-order valence-electron chi connectivity index (χ3n) is 9.64. The van der Waals surface area contributed by atoms with E-state index in [2.05, 4.69) is 51.6 Å². The van der Waals surface area contributed by atoms with E-state index in [1.54, 1.807) is 20.3 Å². The van der Waals surface area contributed by atoms with Crippen molar-refractivity contribution in [1.29, 1.82) is 0 Å². The molecule has 274 valence electrons. The first-order valence-electron chi connectivity index (χ1n) is 17.6. The smallest absolute Gasteiger partial charge is 0.261 e. The van der Waals surface area contributed by atoms with E-state index in [0.29, 0.717) is 30.9 Å². The molecule has 0 aromatic heterocycles. The number of hydrogen-bond acceptors (Lipinski definition) is 6. The highest BCUT2D eigenvalue weighted by atomic mass is 32.2. The molecule has 0 saturated carbocycles. The maximum absolute atomic E-state index is 14.8. The lowest BCUT2D eigenvalue weighted by molar-refractivity contribution is 0.122. The molecule has 4 aromatic rings. The highest BCUT2D eigenvalue weighted by Crippen LogP contribution is 2.37. The Hall–Kier alpha value is -3.73. The summed E-state index contributed by atoms with van der Waals surface area (Å²) in [4.78, 5) is 0. The maximum Gasteiger partial charge on any atom is 0.261 e. The summed E-state index contributed by atoms with van der Waals surface area (Å²) in [5.41, 5.74) is 1.67. The molecule has 4 aromatic carbocycles. The molecule has 0 aliphatic carbocycles. The number of rotatable bonds is 19. The summed E-state index contributed by atoms with van der Waals surface area (Å²) in [5.74, 6) is 1.11. The summed E-state index contributed by atoms with van der Waals surface area (Å²) >= 11 is 0. The molecular formula is C42H55NO6SSi. The molecule has 0 aliphatic heterocycles. The van der Waals surface area contributed by atoms with Crippen molar-refractivity contribution in [3.63, 3.8) is 0 Å². The SMILES string of the molecule is C=CC[C@@H](C)[C@H](C[C@@H](O)CCO[Si](c1ccccc1)(c1ccccc1)C(C)(C)C)S(=O)(=O)N(Cc1ccc(OC)cc1)Cc1ccc(OC)cc1. The Morgan fingerprint density at radius 2 is 1.24 bits per heavy atom. The molecule has 0 unspecified atom stereocenters. The Balaban J connectivity index is 1.62. The molecule has 7 nitrogen and oxygen atoms in total. The first-order valence-corrected chi connectivity index (χ1v) is 21.1. The Morgan fingerprint density at radius 3 is 1.63 bits per heavy atom. The van der Waals surface area contributed by atoms with Crippen LogP contribution in [0.5, 0.6) is 11.5 Å². The number of ether oxygens (including phenoxy) is 2. The lowest BCUT2D eigenvalue weighted by Crippen LogP contribution is -2.66. The number of benzene rings is 4. The van der Waals surface area contributed by atoms with Crippen LogP contribution in [0.4, 0.5) is 0 Å². The molecule has 0 heterocycles. The van der Waals surface area contributed by atoms with Crippen LogP contribution < -0.4 is 19.8 Å². The maximum atomic E-state index is 14.8. The quantitative estimate of drug-likeness (QED) is 0.0804. The molecule has 0 spiro atoms. The second-order valence-corrected chi connectivity index (χ2v) is 20.7. The van der Waals surface area contributed by atoms with Crippen molar-refractivity contribution in [2.75, 3.05) is 20.8 Å². The van der Waals surface area contributed by atoms with Gasteiger partial charge in [-0.3, -0.25) is 0 Å². The molecule has 4 rings (SSSR count). The van der Waals surface area contributed by atoms with Crippen LogP contribution in [-0.4, -0.2) is 58.3 Å². The van der Waals surface area contributed by atoms with E-state index in [9.17, 15) is 13.5 Å². The average molecular weight is 730 g/mol. The second kappa shape index (κ2) is 18.2. The Kier molecular flexibility index (Phi) is 14.3. The van der Waals surface area contributed by atoms with Crippen LogP contribution in [0.3, 0.4) is 0 Å². The van der Waals surface area contributed by atoms with Gasteiger partial charge in [0, 0.05) is 19.7 Å². The van der Waals surface area contributed by atoms with Gasteiger partial charge in [0.1, 0.15) is 11.5 Å². The summed E-state index contributed by atoms with van der Waals surface area (Å²) < 4.78 is 48.8. The summed E-state index contributed by atoms with van der Waals surface area (Å²) in [7, 11) is -3.55. The number of methoxy groups -OCH3 is 2. The topological polar surface area (TPSA) is 85.3 Å². The van der Waals surface area contributed by atoms with Gasteiger partial charge in [-0.05, 0) is 76.0 Å². The number of nitrogens with zero attached hydrogens (tertiary/aromatic N) is 1. The largest absolute Gasteiger partial charge is 0.497 e. The Labute approximate surface area is 307 Å². The predicted octanol–water partition coefficient (Wildman–Crippen LogP) is 7.33. The molecule has 3 atom stereocenters. The first-order chi connectivity index (χ1) is 24.3. The second-order valence-electron chi connectivity index (χ2n) is 14.2. The van der Waals surface area contributed by atoms with Gasteiger partial charge in [0.05, 0.1) is 25.6 Å². The fourth-order valence-corrected chi connectivity index (χ4v) is 13.6. The van der Waals surface area contributed by atoms with Gasteiger partial charge >= 0.3 is 0 Å². The normalized spacial score (nSPS) is 14.1. The zero-order valence-corrected chi connectivity index (χ0v) is 32.8. The van der Waals surface area contributed by atoms with Crippen molar-refractivity contribution >= 4 is 28.7 Å². The fourth-order valence-electron chi connectivity index (χ4n) is 6.85. The molecule has 0 saturated heterocycles. The summed E-state index contributed by atoms with van der Waals surface area (Å²) in [6.45, 7) is 13.1. The fraction of sp³-hybridized carbons (Fsp3) is 0.381. The van der Waals surface area contributed by atoms with Gasteiger partial charge in [0.25, 0.3) is 8.32 Å². The van der Waals surface area contributed by atoms with Crippen LogP contribution in [0.15, 0.2) is 122 Å². The van der Waals surface area contributed by atoms with Crippen molar-refractivity contribution in [3.05, 3.63) is 133 Å². The molecule has 0 radical (unpaired) electrons. The highest BCUT2D eigenvalue weighted by molar-refractivity contribution is 7.89. The molecule has 51 heavy (non-hydrogen) atoms. The molecule has 0 bridgehead atoms. The molecular weight excluding hydrogens is 675 g/mol. The van der Waals surface area contributed by atoms with Crippen molar-refractivity contribution in [3.8, 4) is 11.5 Å². The van der Waals surface area contributed by atoms with Crippen LogP contribution in [0, 0.1) is 5.92 Å². The van der Waals surface area contributed by atoms with E-state index in [1.807, 2.05) is 91.9 Å². The van der Waals surface area contributed by atoms with E-state index in [0.717, 1.165) is 21.5 Å². The molecule has 1 N–H and O–H groups in total. The lowest BCUT2D eigenvalue weighted by atomic mass is 9.98. The third-order valence-corrected chi connectivity index (χ3v) is 17.1. The number of hydrogen-bond donors (Lipinski definition) is 1. The molecule has 0 amide bonds. The minimum absolute atomic E-state index is 0.0726. The monoisotopic (exact) mass is 729 g/mol. The van der Waals surface area contributed by atoms with Gasteiger partial charge in [0.2, 0.25) is 10.0 Å². The molecule has 0 fully saturated rings. The van der Waals surface area contributed by atoms with Crippen LogP contribution in [0.1, 0.15) is 58.1 Å². The highest BCUT2D eigenvalue weighted by Gasteiger charge is 2.50. The predicted molar refractivity (Wildman–Crippen MR) is 211 cm³/mol. The summed E-state index contributed by atoms with van der Waals surface area (Å²) in [6.07, 6.45) is 1.72. The van der Waals surface area contributed by atoms with E-state index in [4.69, 9.17) is 13.9 Å². The average Bonchev–Trinajstić information content (AvgIpc) is 3.13. The summed E-state index contributed by atoms with van der Waals surface area (Å²) in [6, 6.07) is 35.6. The van der Waals surface area contributed by atoms with Gasteiger partial charge in [-0.2, -0.15) is 4.31 Å². The van der Waals surface area contributed by atoms with E-state index in [1.165, 1.54) is 4.31 Å². The van der Waals surface area contributed by atoms with Gasteiger partial charge in [-0.1, -0.05) is 119 Å². The van der Waals surface area contributed by atoms with Gasteiger partial charge in [-0.25, -0.2) is 8.42 Å². The summed E-state index contributed by atoms with van der Waals surface area (Å²) in [5, 5.41) is 12.9. The molecule has 9 heteroatoms. The number of sulfonamides is 1. The Morgan fingerprint density at radius 1 is 0.784 bits per heavy atom. The van der Waals surface area contributed by atoms with Gasteiger partial charge in [0.15, 0.2) is 0 Å². The standard InChI is InChI=1S/C42H55NO6SSi/c1-8-15-33(2)41(50(45,46)43(31-34-20-24-37(47-6)25-21-34)32-35-22-26-38(48-7)27-23-35)30-36(44)28-29-49-51(42(3,4)5,39-16-11-9-12-17-39)40-18-13-10-14-19-40/h8-14,16-27,33,36,41,44H,1,15,28-32H2,2-7H3/t33-,36+,41+/m1/s1. The van der Waals surface area contributed by atoms with Crippen molar-refractivity contribution in [2.24, 2.45) is 5.92 Å². The van der Waals surface area contributed by atoms with Gasteiger partial charge in [-0.15, -0.1) is 6.58 Å².